The lowest BCUT2D eigenvalue weighted by molar-refractivity contribution is 0.363. The summed E-state index contributed by atoms with van der Waals surface area (Å²) >= 11 is 4.13. The number of hydrogen-bond acceptors (Lipinski definition) is 2. The van der Waals surface area contributed by atoms with E-state index >= 15 is 0 Å². The van der Waals surface area contributed by atoms with E-state index in [1.165, 1.54) is 11.1 Å². The summed E-state index contributed by atoms with van der Waals surface area (Å²) in [4.78, 5) is 2.28. The second kappa shape index (κ2) is 6.70. The summed E-state index contributed by atoms with van der Waals surface area (Å²) in [5.74, 6) is 0.818. The minimum absolute atomic E-state index is 0.818. The zero-order valence-corrected chi connectivity index (χ0v) is 10.4. The molecule has 1 aromatic rings. The van der Waals surface area contributed by atoms with Gasteiger partial charge in [-0.3, -0.25) is 4.90 Å². The topological polar surface area (TPSA) is 3.24 Å². The minimum atomic E-state index is 0.818. The normalized spacial score (nSPS) is 11.5. The molecule has 0 N–H and O–H groups in total. The first-order valence-electron chi connectivity index (χ1n) is 5.22. The van der Waals surface area contributed by atoms with Crippen molar-refractivity contribution in [2.24, 2.45) is 0 Å². The van der Waals surface area contributed by atoms with E-state index in [0.717, 1.165) is 18.8 Å². The molecule has 0 spiro atoms. The van der Waals surface area contributed by atoms with E-state index in [2.05, 4.69) is 67.9 Å². The Morgan fingerprint density at radius 1 is 1.20 bits per heavy atom. The predicted molar refractivity (Wildman–Crippen MR) is 70.5 cm³/mol. The molecule has 0 saturated carbocycles. The van der Waals surface area contributed by atoms with E-state index < -0.39 is 0 Å². The highest BCUT2D eigenvalue weighted by molar-refractivity contribution is 7.80. The molecule has 1 aromatic carbocycles. The quantitative estimate of drug-likeness (QED) is 0.591. The third-order valence-electron chi connectivity index (χ3n) is 2.26. The van der Waals surface area contributed by atoms with Crippen LogP contribution in [0, 0.1) is 6.92 Å². The van der Waals surface area contributed by atoms with E-state index in [1.54, 1.807) is 0 Å². The van der Waals surface area contributed by atoms with Crippen molar-refractivity contribution >= 4 is 12.6 Å². The molecule has 0 bridgehead atoms. The minimum Gasteiger partial charge on any atom is -0.298 e. The van der Waals surface area contributed by atoms with Crippen LogP contribution in [0.4, 0.5) is 0 Å². The zero-order chi connectivity index (χ0) is 11.1. The smallest absolute Gasteiger partial charge is 0.0233 e. The van der Waals surface area contributed by atoms with Crippen molar-refractivity contribution < 1.29 is 0 Å². The number of aryl methyl sites for hydroxylation is 1. The largest absolute Gasteiger partial charge is 0.298 e. The third kappa shape index (κ3) is 5.05. The zero-order valence-electron chi connectivity index (χ0n) is 9.48. The van der Waals surface area contributed by atoms with Crippen LogP contribution in [0.2, 0.25) is 0 Å². The summed E-state index contributed by atoms with van der Waals surface area (Å²) in [7, 11) is 2.13. The second-order valence-corrected chi connectivity index (χ2v) is 4.20. The molecule has 1 rings (SSSR count). The molecule has 0 aliphatic heterocycles. The Morgan fingerprint density at radius 3 is 2.47 bits per heavy atom. The molecule has 0 radical (unpaired) electrons. The Kier molecular flexibility index (Phi) is 5.51. The summed E-state index contributed by atoms with van der Waals surface area (Å²) in [6.07, 6.45) is 4.23. The van der Waals surface area contributed by atoms with Crippen molar-refractivity contribution in [2.45, 2.75) is 13.5 Å². The summed E-state index contributed by atoms with van der Waals surface area (Å²) in [5.41, 5.74) is 2.68. The Morgan fingerprint density at radius 2 is 1.87 bits per heavy atom. The number of rotatable bonds is 5. The van der Waals surface area contributed by atoms with Gasteiger partial charge in [-0.2, -0.15) is 12.6 Å². The van der Waals surface area contributed by atoms with Gasteiger partial charge in [0.1, 0.15) is 0 Å². The molecule has 15 heavy (non-hydrogen) atoms. The van der Waals surface area contributed by atoms with Gasteiger partial charge in [-0.1, -0.05) is 42.0 Å². The van der Waals surface area contributed by atoms with Crippen LogP contribution in [-0.2, 0) is 6.54 Å². The monoisotopic (exact) mass is 221 g/mol. The highest BCUT2D eigenvalue weighted by Gasteiger charge is 1.97. The van der Waals surface area contributed by atoms with Gasteiger partial charge in [-0.15, -0.1) is 0 Å². The van der Waals surface area contributed by atoms with Crippen molar-refractivity contribution in [3.05, 3.63) is 47.5 Å². The molecule has 0 amide bonds. The van der Waals surface area contributed by atoms with E-state index in [-0.39, 0.29) is 0 Å². The van der Waals surface area contributed by atoms with Crippen molar-refractivity contribution in [3.63, 3.8) is 0 Å². The maximum atomic E-state index is 4.13. The van der Waals surface area contributed by atoms with Crippen molar-refractivity contribution in [1.82, 2.24) is 4.90 Å². The molecular formula is C13H19NS. The number of benzene rings is 1. The van der Waals surface area contributed by atoms with Crippen molar-refractivity contribution in [2.75, 3.05) is 19.3 Å². The highest BCUT2D eigenvalue weighted by atomic mass is 32.1. The molecule has 0 atom stereocenters. The van der Waals surface area contributed by atoms with Gasteiger partial charge in [0, 0.05) is 18.8 Å². The molecule has 0 aliphatic carbocycles. The van der Waals surface area contributed by atoms with Crippen LogP contribution < -0.4 is 0 Å². The van der Waals surface area contributed by atoms with Crippen LogP contribution >= 0.6 is 12.6 Å². The number of nitrogens with zero attached hydrogens (tertiary/aromatic N) is 1. The first kappa shape index (κ1) is 12.3. The molecule has 1 nitrogen and oxygen atoms in total. The van der Waals surface area contributed by atoms with Crippen LogP contribution in [0.3, 0.4) is 0 Å². The first-order valence-corrected chi connectivity index (χ1v) is 5.85. The SMILES string of the molecule is Cc1ccc(CN(C)CC=CCS)cc1. The second-order valence-electron chi connectivity index (χ2n) is 3.84. The van der Waals surface area contributed by atoms with Gasteiger partial charge in [0.25, 0.3) is 0 Å². The molecule has 0 heterocycles. The molecule has 0 unspecified atom stereocenters. The van der Waals surface area contributed by atoms with Gasteiger partial charge in [0.05, 0.1) is 0 Å². The lowest BCUT2D eigenvalue weighted by atomic mass is 10.1. The Labute approximate surface area is 98.2 Å². The average molecular weight is 221 g/mol. The van der Waals surface area contributed by atoms with Crippen LogP contribution in [0.5, 0.6) is 0 Å². The summed E-state index contributed by atoms with van der Waals surface area (Å²) in [6.45, 7) is 4.09. The van der Waals surface area contributed by atoms with Gasteiger partial charge in [-0.05, 0) is 19.5 Å². The Balaban J connectivity index is 2.40. The number of hydrogen-bond donors (Lipinski definition) is 1. The first-order chi connectivity index (χ1) is 7.22. The highest BCUT2D eigenvalue weighted by Crippen LogP contribution is 2.05. The van der Waals surface area contributed by atoms with E-state index in [9.17, 15) is 0 Å². The number of likely N-dealkylation sites (N-methyl/N-ethyl adjacent to an activating group) is 1. The maximum absolute atomic E-state index is 4.13. The summed E-state index contributed by atoms with van der Waals surface area (Å²) in [6, 6.07) is 8.70. The molecular weight excluding hydrogens is 202 g/mol. The van der Waals surface area contributed by atoms with E-state index in [4.69, 9.17) is 0 Å². The fourth-order valence-corrected chi connectivity index (χ4v) is 1.55. The van der Waals surface area contributed by atoms with Gasteiger partial charge in [-0.25, -0.2) is 0 Å². The summed E-state index contributed by atoms with van der Waals surface area (Å²) in [5, 5.41) is 0. The van der Waals surface area contributed by atoms with Crippen LogP contribution in [-0.4, -0.2) is 24.2 Å². The van der Waals surface area contributed by atoms with Crippen molar-refractivity contribution in [3.8, 4) is 0 Å². The lowest BCUT2D eigenvalue weighted by Gasteiger charge is -2.14. The maximum Gasteiger partial charge on any atom is 0.0233 e. The Hall–Kier alpha value is -0.730. The average Bonchev–Trinajstić information content (AvgIpc) is 2.22. The van der Waals surface area contributed by atoms with Gasteiger partial charge in [0.2, 0.25) is 0 Å². The van der Waals surface area contributed by atoms with E-state index in [0.29, 0.717) is 0 Å². The lowest BCUT2D eigenvalue weighted by Crippen LogP contribution is -2.17. The predicted octanol–water partition coefficient (Wildman–Crippen LogP) is 2.91. The van der Waals surface area contributed by atoms with Crippen molar-refractivity contribution in [1.29, 1.82) is 0 Å². The fourth-order valence-electron chi connectivity index (χ4n) is 1.40. The molecule has 0 aromatic heterocycles. The number of thiol groups is 1. The van der Waals surface area contributed by atoms with Gasteiger partial charge < -0.3 is 0 Å². The Bertz CT molecular complexity index is 303. The third-order valence-corrected chi connectivity index (χ3v) is 2.47. The van der Waals surface area contributed by atoms with Crippen LogP contribution in [0.25, 0.3) is 0 Å². The molecule has 2 heteroatoms. The van der Waals surface area contributed by atoms with Crippen LogP contribution in [0.15, 0.2) is 36.4 Å². The van der Waals surface area contributed by atoms with Crippen LogP contribution in [0.1, 0.15) is 11.1 Å². The molecule has 0 fully saturated rings. The molecule has 82 valence electrons. The summed E-state index contributed by atoms with van der Waals surface area (Å²) < 4.78 is 0. The standard InChI is InChI=1S/C13H19NS/c1-12-5-7-13(8-6-12)11-14(2)9-3-4-10-15/h3-8,15H,9-11H2,1-2H3. The fraction of sp³-hybridized carbons (Fsp3) is 0.385. The van der Waals surface area contributed by atoms with Gasteiger partial charge >= 0.3 is 0 Å². The van der Waals surface area contributed by atoms with Gasteiger partial charge in [0.15, 0.2) is 0 Å². The molecule has 0 saturated heterocycles. The molecule has 0 aliphatic rings. The van der Waals surface area contributed by atoms with E-state index in [1.807, 2.05) is 0 Å².